The molecule has 0 bridgehead atoms. The third kappa shape index (κ3) is 2.40. The monoisotopic (exact) mass is 202 g/mol. The zero-order valence-corrected chi connectivity index (χ0v) is 8.35. The van der Waals surface area contributed by atoms with Crippen molar-refractivity contribution in [2.45, 2.75) is 30.9 Å². The van der Waals surface area contributed by atoms with E-state index in [1.165, 1.54) is 6.08 Å². The lowest BCUT2D eigenvalue weighted by Crippen LogP contribution is -2.35. The van der Waals surface area contributed by atoms with Crippen LogP contribution in [0.4, 0.5) is 0 Å². The van der Waals surface area contributed by atoms with Gasteiger partial charge in [-0.05, 0) is 12.8 Å². The molecule has 1 atom stereocenters. The molecule has 0 N–H and O–H groups in total. The zero-order chi connectivity index (χ0) is 9.90. The Morgan fingerprint density at radius 1 is 1.46 bits per heavy atom. The lowest BCUT2D eigenvalue weighted by Gasteiger charge is -2.20. The number of hydrogen-bond donors (Lipinski definition) is 0. The number of ketones is 1. The average Bonchev–Trinajstić information content (AvgIpc) is 2.03. The van der Waals surface area contributed by atoms with E-state index in [2.05, 4.69) is 6.58 Å². The van der Waals surface area contributed by atoms with Gasteiger partial charge in [-0.1, -0.05) is 12.5 Å². The second kappa shape index (κ2) is 4.05. The average molecular weight is 202 g/mol. The Kier molecular flexibility index (Phi) is 3.25. The molecule has 1 saturated heterocycles. The van der Waals surface area contributed by atoms with Gasteiger partial charge in [0, 0.05) is 6.42 Å². The molecular formula is C9H14O3S. The van der Waals surface area contributed by atoms with Crippen LogP contribution in [0.15, 0.2) is 12.7 Å². The number of sulfone groups is 1. The van der Waals surface area contributed by atoms with Gasteiger partial charge in [0.05, 0.1) is 5.75 Å². The molecule has 0 aliphatic carbocycles. The first-order valence-corrected chi connectivity index (χ1v) is 6.14. The van der Waals surface area contributed by atoms with Crippen LogP contribution in [0.2, 0.25) is 0 Å². The Labute approximate surface area is 78.8 Å². The normalized spacial score (nSPS) is 26.6. The van der Waals surface area contributed by atoms with Gasteiger partial charge >= 0.3 is 0 Å². The van der Waals surface area contributed by atoms with Gasteiger partial charge in [-0.15, -0.1) is 6.58 Å². The SMILES string of the molecule is C=CCC(=O)C1CCCCS1(=O)=O. The van der Waals surface area contributed by atoms with Crippen LogP contribution >= 0.6 is 0 Å². The molecule has 0 spiro atoms. The Balaban J connectivity index is 2.77. The lowest BCUT2D eigenvalue weighted by molar-refractivity contribution is -0.118. The highest BCUT2D eigenvalue weighted by molar-refractivity contribution is 7.92. The van der Waals surface area contributed by atoms with Crippen molar-refractivity contribution < 1.29 is 13.2 Å². The van der Waals surface area contributed by atoms with Gasteiger partial charge in [0.15, 0.2) is 15.6 Å². The number of rotatable bonds is 3. The molecule has 0 aromatic heterocycles. The smallest absolute Gasteiger partial charge is 0.160 e. The van der Waals surface area contributed by atoms with Crippen LogP contribution in [0.1, 0.15) is 25.7 Å². The predicted octanol–water partition coefficient (Wildman–Crippen LogP) is 1.10. The molecule has 0 radical (unpaired) electrons. The summed E-state index contributed by atoms with van der Waals surface area (Å²) >= 11 is 0. The minimum absolute atomic E-state index is 0.167. The molecule has 74 valence electrons. The van der Waals surface area contributed by atoms with Gasteiger partial charge in [-0.2, -0.15) is 0 Å². The van der Waals surface area contributed by atoms with Crippen molar-refractivity contribution in [3.8, 4) is 0 Å². The van der Waals surface area contributed by atoms with Crippen LogP contribution in [0.5, 0.6) is 0 Å². The van der Waals surface area contributed by atoms with Gasteiger partial charge in [0.25, 0.3) is 0 Å². The highest BCUT2D eigenvalue weighted by Crippen LogP contribution is 2.21. The summed E-state index contributed by atoms with van der Waals surface area (Å²) in [6, 6.07) is 0. The summed E-state index contributed by atoms with van der Waals surface area (Å²) in [6.07, 6.45) is 3.67. The van der Waals surface area contributed by atoms with E-state index in [9.17, 15) is 13.2 Å². The standard InChI is InChI=1S/C9H14O3S/c1-2-5-8(10)9-6-3-4-7-13(9,11)12/h2,9H,1,3-7H2. The predicted molar refractivity (Wildman–Crippen MR) is 51.2 cm³/mol. The summed E-state index contributed by atoms with van der Waals surface area (Å²) in [6.45, 7) is 3.43. The highest BCUT2D eigenvalue weighted by Gasteiger charge is 2.33. The first-order chi connectivity index (χ1) is 6.08. The quantitative estimate of drug-likeness (QED) is 0.644. The maximum Gasteiger partial charge on any atom is 0.160 e. The molecule has 1 rings (SSSR count). The van der Waals surface area contributed by atoms with Crippen LogP contribution in [0, 0.1) is 0 Å². The van der Waals surface area contributed by atoms with E-state index in [1.54, 1.807) is 0 Å². The van der Waals surface area contributed by atoms with Crippen LogP contribution < -0.4 is 0 Å². The van der Waals surface area contributed by atoms with Crippen molar-refractivity contribution in [1.29, 1.82) is 0 Å². The molecular weight excluding hydrogens is 188 g/mol. The second-order valence-electron chi connectivity index (χ2n) is 3.31. The van der Waals surface area contributed by atoms with E-state index in [0.29, 0.717) is 12.8 Å². The molecule has 1 heterocycles. The summed E-state index contributed by atoms with van der Waals surface area (Å²) in [5.41, 5.74) is 0. The molecule has 1 unspecified atom stereocenters. The number of hydrogen-bond acceptors (Lipinski definition) is 3. The molecule has 13 heavy (non-hydrogen) atoms. The van der Waals surface area contributed by atoms with Crippen molar-refractivity contribution >= 4 is 15.6 Å². The fourth-order valence-electron chi connectivity index (χ4n) is 1.59. The number of carbonyl (C=O) groups is 1. The molecule has 4 heteroatoms. The van der Waals surface area contributed by atoms with E-state index >= 15 is 0 Å². The van der Waals surface area contributed by atoms with E-state index < -0.39 is 15.1 Å². The summed E-state index contributed by atoms with van der Waals surface area (Å²) in [5.74, 6) is -0.0321. The van der Waals surface area contributed by atoms with Gasteiger partial charge in [-0.25, -0.2) is 8.42 Å². The highest BCUT2D eigenvalue weighted by atomic mass is 32.2. The third-order valence-electron chi connectivity index (χ3n) is 2.28. The largest absolute Gasteiger partial charge is 0.298 e. The van der Waals surface area contributed by atoms with Gasteiger partial charge in [0.1, 0.15) is 5.25 Å². The van der Waals surface area contributed by atoms with Gasteiger partial charge < -0.3 is 0 Å². The summed E-state index contributed by atoms with van der Waals surface area (Å²) in [5, 5.41) is -0.751. The summed E-state index contributed by atoms with van der Waals surface area (Å²) in [7, 11) is -3.14. The minimum atomic E-state index is -3.14. The molecule has 1 aliphatic heterocycles. The zero-order valence-electron chi connectivity index (χ0n) is 7.53. The first kappa shape index (κ1) is 10.4. The summed E-state index contributed by atoms with van der Waals surface area (Å²) in [4.78, 5) is 11.4. The van der Waals surface area contributed by atoms with Crippen LogP contribution in [0.3, 0.4) is 0 Å². The van der Waals surface area contributed by atoms with Gasteiger partial charge in [0.2, 0.25) is 0 Å². The Morgan fingerprint density at radius 2 is 2.15 bits per heavy atom. The second-order valence-corrected chi connectivity index (χ2v) is 5.61. The molecule has 1 aliphatic rings. The van der Waals surface area contributed by atoms with Crippen molar-refractivity contribution in [1.82, 2.24) is 0 Å². The fraction of sp³-hybridized carbons (Fsp3) is 0.667. The number of Topliss-reactive ketones (excluding diaryl/α,β-unsaturated/α-hetero) is 1. The molecule has 0 amide bonds. The third-order valence-corrected chi connectivity index (χ3v) is 4.51. The van der Waals surface area contributed by atoms with Gasteiger partial charge in [-0.3, -0.25) is 4.79 Å². The van der Waals surface area contributed by atoms with Crippen molar-refractivity contribution in [3.05, 3.63) is 12.7 Å². The van der Waals surface area contributed by atoms with E-state index in [1.807, 2.05) is 0 Å². The molecule has 3 nitrogen and oxygen atoms in total. The lowest BCUT2D eigenvalue weighted by atomic mass is 10.1. The van der Waals surface area contributed by atoms with Crippen molar-refractivity contribution in [2.24, 2.45) is 0 Å². The molecule has 0 aromatic rings. The number of allylic oxidation sites excluding steroid dienone is 1. The number of carbonyl (C=O) groups excluding carboxylic acids is 1. The van der Waals surface area contributed by atoms with E-state index in [-0.39, 0.29) is 18.0 Å². The van der Waals surface area contributed by atoms with Crippen molar-refractivity contribution in [3.63, 3.8) is 0 Å². The minimum Gasteiger partial charge on any atom is -0.298 e. The fourth-order valence-corrected chi connectivity index (χ4v) is 3.50. The maximum atomic E-state index is 11.4. The van der Waals surface area contributed by atoms with Crippen LogP contribution in [0.25, 0.3) is 0 Å². The van der Waals surface area contributed by atoms with Crippen LogP contribution in [-0.4, -0.2) is 25.2 Å². The van der Waals surface area contributed by atoms with E-state index in [0.717, 1.165) is 6.42 Å². The topological polar surface area (TPSA) is 51.2 Å². The summed E-state index contributed by atoms with van der Waals surface area (Å²) < 4.78 is 22.9. The first-order valence-electron chi connectivity index (χ1n) is 4.43. The maximum absolute atomic E-state index is 11.4. The molecule has 0 saturated carbocycles. The van der Waals surface area contributed by atoms with E-state index in [4.69, 9.17) is 0 Å². The Morgan fingerprint density at radius 3 is 2.69 bits per heavy atom. The molecule has 0 aromatic carbocycles. The van der Waals surface area contributed by atoms with Crippen molar-refractivity contribution in [2.75, 3.05) is 5.75 Å². The Hall–Kier alpha value is -0.640. The Bertz CT molecular complexity index is 303. The molecule has 1 fully saturated rings. The van der Waals surface area contributed by atoms with Crippen LogP contribution in [-0.2, 0) is 14.6 Å².